The zero-order valence-electron chi connectivity index (χ0n) is 10.9. The van der Waals surface area contributed by atoms with Crippen LogP contribution in [0.15, 0.2) is 18.2 Å². The van der Waals surface area contributed by atoms with Crippen molar-refractivity contribution in [3.63, 3.8) is 0 Å². The van der Waals surface area contributed by atoms with E-state index in [1.165, 1.54) is 12.1 Å². The highest BCUT2D eigenvalue weighted by atomic mass is 19.1. The lowest BCUT2D eigenvalue weighted by atomic mass is 9.95. The maximum Gasteiger partial charge on any atom is 0.292 e. The molecule has 1 atom stereocenters. The second-order valence-electron chi connectivity index (χ2n) is 4.43. The monoisotopic (exact) mass is 254 g/mol. The van der Waals surface area contributed by atoms with Crippen molar-refractivity contribution in [1.29, 1.82) is 0 Å². The smallest absolute Gasteiger partial charge is 0.292 e. The standard InChI is InChI=1S/C13H19FN2O2/c1-4-10(5-2)9(3)15-12-8-11(14)6-7-13(12)16(17)18/h6-10,15H,4-5H2,1-3H3. The molecule has 0 aliphatic rings. The van der Waals surface area contributed by atoms with Crippen LogP contribution < -0.4 is 5.32 Å². The van der Waals surface area contributed by atoms with Crippen LogP contribution in [-0.4, -0.2) is 11.0 Å². The van der Waals surface area contributed by atoms with E-state index in [4.69, 9.17) is 0 Å². The first-order valence-electron chi connectivity index (χ1n) is 6.20. The number of rotatable bonds is 6. The van der Waals surface area contributed by atoms with Gasteiger partial charge in [-0.15, -0.1) is 0 Å². The molecule has 0 saturated heterocycles. The molecule has 0 bridgehead atoms. The zero-order chi connectivity index (χ0) is 13.7. The molecule has 0 spiro atoms. The lowest BCUT2D eigenvalue weighted by Crippen LogP contribution is -2.25. The van der Waals surface area contributed by atoms with Gasteiger partial charge in [-0.25, -0.2) is 4.39 Å². The highest BCUT2D eigenvalue weighted by molar-refractivity contribution is 5.61. The van der Waals surface area contributed by atoms with E-state index < -0.39 is 10.7 Å². The van der Waals surface area contributed by atoms with E-state index >= 15 is 0 Å². The molecule has 0 aliphatic heterocycles. The number of anilines is 1. The summed E-state index contributed by atoms with van der Waals surface area (Å²) in [6, 6.07) is 3.54. The third kappa shape index (κ3) is 3.42. The molecule has 18 heavy (non-hydrogen) atoms. The molecule has 4 nitrogen and oxygen atoms in total. The van der Waals surface area contributed by atoms with Crippen molar-refractivity contribution in [2.24, 2.45) is 5.92 Å². The highest BCUT2D eigenvalue weighted by Crippen LogP contribution is 2.27. The molecule has 5 heteroatoms. The Morgan fingerprint density at radius 2 is 2.00 bits per heavy atom. The summed E-state index contributed by atoms with van der Waals surface area (Å²) in [7, 11) is 0. The van der Waals surface area contributed by atoms with Gasteiger partial charge in [-0.1, -0.05) is 26.7 Å². The Morgan fingerprint density at radius 3 is 2.50 bits per heavy atom. The summed E-state index contributed by atoms with van der Waals surface area (Å²) in [5.41, 5.74) is 0.161. The van der Waals surface area contributed by atoms with Gasteiger partial charge in [0.2, 0.25) is 0 Å². The first kappa shape index (κ1) is 14.4. The summed E-state index contributed by atoms with van der Waals surface area (Å²) in [6.45, 7) is 6.12. The molecule has 0 heterocycles. The number of halogens is 1. The van der Waals surface area contributed by atoms with Gasteiger partial charge in [0.1, 0.15) is 11.5 Å². The van der Waals surface area contributed by atoms with Crippen LogP contribution in [0, 0.1) is 21.8 Å². The van der Waals surface area contributed by atoms with Gasteiger partial charge in [0, 0.05) is 18.2 Å². The van der Waals surface area contributed by atoms with Gasteiger partial charge < -0.3 is 5.32 Å². The number of nitrogens with one attached hydrogen (secondary N) is 1. The van der Waals surface area contributed by atoms with Crippen LogP contribution in [0.2, 0.25) is 0 Å². The topological polar surface area (TPSA) is 55.2 Å². The summed E-state index contributed by atoms with van der Waals surface area (Å²) >= 11 is 0. The predicted molar refractivity (Wildman–Crippen MR) is 70.2 cm³/mol. The Kier molecular flexibility index (Phi) is 5.07. The average molecular weight is 254 g/mol. The summed E-state index contributed by atoms with van der Waals surface area (Å²) in [5.74, 6) is -0.0623. The minimum absolute atomic E-state index is 0.0699. The van der Waals surface area contributed by atoms with E-state index in [2.05, 4.69) is 19.2 Å². The quantitative estimate of drug-likeness (QED) is 0.617. The minimum Gasteiger partial charge on any atom is -0.377 e. The largest absolute Gasteiger partial charge is 0.377 e. The molecule has 1 aromatic rings. The van der Waals surface area contributed by atoms with Crippen molar-refractivity contribution in [1.82, 2.24) is 0 Å². The third-order valence-electron chi connectivity index (χ3n) is 3.29. The average Bonchev–Trinajstić information content (AvgIpc) is 2.30. The SMILES string of the molecule is CCC(CC)C(C)Nc1cc(F)ccc1[N+](=O)[O-]. The molecule has 100 valence electrons. The predicted octanol–water partition coefficient (Wildman–Crippen LogP) is 3.97. The molecule has 0 aromatic heterocycles. The minimum atomic E-state index is -0.499. The Bertz CT molecular complexity index is 419. The van der Waals surface area contributed by atoms with Crippen LogP contribution in [0.4, 0.5) is 15.8 Å². The fourth-order valence-electron chi connectivity index (χ4n) is 2.14. The summed E-state index contributed by atoms with van der Waals surface area (Å²) in [5, 5.41) is 13.9. The Labute approximate surface area is 106 Å². The van der Waals surface area contributed by atoms with Gasteiger partial charge in [-0.05, 0) is 18.9 Å². The van der Waals surface area contributed by atoms with Gasteiger partial charge >= 0.3 is 0 Å². The van der Waals surface area contributed by atoms with Crippen LogP contribution in [0.3, 0.4) is 0 Å². The molecule has 1 unspecified atom stereocenters. The Hall–Kier alpha value is -1.65. The molecule has 1 N–H and O–H groups in total. The molecular weight excluding hydrogens is 235 g/mol. The second-order valence-corrected chi connectivity index (χ2v) is 4.43. The van der Waals surface area contributed by atoms with Crippen LogP contribution in [0.1, 0.15) is 33.6 Å². The fourth-order valence-corrected chi connectivity index (χ4v) is 2.14. The van der Waals surface area contributed by atoms with Gasteiger partial charge in [-0.2, -0.15) is 0 Å². The van der Waals surface area contributed by atoms with Crippen LogP contribution in [0.25, 0.3) is 0 Å². The van der Waals surface area contributed by atoms with Crippen molar-refractivity contribution in [2.45, 2.75) is 39.7 Å². The zero-order valence-corrected chi connectivity index (χ0v) is 10.9. The van der Waals surface area contributed by atoms with Crippen molar-refractivity contribution in [3.05, 3.63) is 34.1 Å². The molecule has 1 aromatic carbocycles. The van der Waals surface area contributed by atoms with Crippen molar-refractivity contribution < 1.29 is 9.31 Å². The molecule has 0 radical (unpaired) electrons. The van der Waals surface area contributed by atoms with Crippen molar-refractivity contribution >= 4 is 11.4 Å². The van der Waals surface area contributed by atoms with Gasteiger partial charge in [0.15, 0.2) is 0 Å². The normalized spacial score (nSPS) is 12.5. The van der Waals surface area contributed by atoms with Gasteiger partial charge in [-0.3, -0.25) is 10.1 Å². The number of hydrogen-bond acceptors (Lipinski definition) is 3. The van der Waals surface area contributed by atoms with Gasteiger partial charge in [0.25, 0.3) is 5.69 Å². The number of nitro groups is 1. The number of nitro benzene ring substituents is 1. The maximum atomic E-state index is 13.2. The van der Waals surface area contributed by atoms with Crippen molar-refractivity contribution in [2.75, 3.05) is 5.32 Å². The van der Waals surface area contributed by atoms with E-state index in [9.17, 15) is 14.5 Å². The van der Waals surface area contributed by atoms with E-state index in [1.54, 1.807) is 0 Å². The molecule has 0 fully saturated rings. The van der Waals surface area contributed by atoms with E-state index in [0.29, 0.717) is 5.92 Å². The number of benzene rings is 1. The number of hydrogen-bond donors (Lipinski definition) is 1. The fraction of sp³-hybridized carbons (Fsp3) is 0.538. The number of nitrogens with zero attached hydrogens (tertiary/aromatic N) is 1. The van der Waals surface area contributed by atoms with E-state index in [0.717, 1.165) is 18.9 Å². The lowest BCUT2D eigenvalue weighted by molar-refractivity contribution is -0.384. The van der Waals surface area contributed by atoms with Crippen LogP contribution in [-0.2, 0) is 0 Å². The van der Waals surface area contributed by atoms with E-state index in [1.807, 2.05) is 6.92 Å². The van der Waals surface area contributed by atoms with E-state index in [-0.39, 0.29) is 17.4 Å². The molecular formula is C13H19FN2O2. The maximum absolute atomic E-state index is 13.2. The second kappa shape index (κ2) is 6.33. The first-order valence-corrected chi connectivity index (χ1v) is 6.20. The summed E-state index contributed by atoms with van der Waals surface area (Å²) < 4.78 is 13.2. The van der Waals surface area contributed by atoms with Gasteiger partial charge in [0.05, 0.1) is 4.92 Å². The molecule has 0 aliphatic carbocycles. The lowest BCUT2D eigenvalue weighted by Gasteiger charge is -2.23. The Balaban J connectivity index is 2.95. The molecule has 1 rings (SSSR count). The summed E-state index contributed by atoms with van der Waals surface area (Å²) in [6.07, 6.45) is 1.96. The third-order valence-corrected chi connectivity index (χ3v) is 3.29. The highest BCUT2D eigenvalue weighted by Gasteiger charge is 2.19. The molecule has 0 amide bonds. The molecule has 0 saturated carbocycles. The van der Waals surface area contributed by atoms with Crippen molar-refractivity contribution in [3.8, 4) is 0 Å². The first-order chi connectivity index (χ1) is 8.49. The van der Waals surface area contributed by atoms with Crippen LogP contribution >= 0.6 is 0 Å². The summed E-state index contributed by atoms with van der Waals surface area (Å²) in [4.78, 5) is 10.4. The van der Waals surface area contributed by atoms with Crippen LogP contribution in [0.5, 0.6) is 0 Å². The Morgan fingerprint density at radius 1 is 1.39 bits per heavy atom.